The molecule has 0 bridgehead atoms. The van der Waals surface area contributed by atoms with Gasteiger partial charge in [-0.15, -0.1) is 0 Å². The predicted molar refractivity (Wildman–Crippen MR) is 171 cm³/mol. The van der Waals surface area contributed by atoms with Crippen molar-refractivity contribution in [3.63, 3.8) is 0 Å². The molecule has 0 saturated carbocycles. The van der Waals surface area contributed by atoms with Crippen molar-refractivity contribution < 1.29 is 26.3 Å². The first-order chi connectivity index (χ1) is 22.0. The Kier molecular flexibility index (Phi) is 7.12. The number of rotatable bonds is 4. The highest BCUT2D eigenvalue weighted by Crippen LogP contribution is 2.39. The normalized spacial score (nSPS) is 12.1. The quantitative estimate of drug-likeness (QED) is 0.179. The Morgan fingerprint density at radius 3 is 1.35 bits per heavy atom. The highest BCUT2D eigenvalue weighted by Gasteiger charge is 2.37. The molecule has 0 amide bonds. The topological polar surface area (TPSA) is 12.9 Å². The van der Waals surface area contributed by atoms with Crippen LogP contribution < -0.4 is 0 Å². The molecule has 226 valence electrons. The van der Waals surface area contributed by atoms with E-state index in [9.17, 15) is 26.3 Å². The Bertz CT molecular complexity index is 2180. The summed E-state index contributed by atoms with van der Waals surface area (Å²) in [5.41, 5.74) is 3.98. The Labute approximate surface area is 260 Å². The van der Waals surface area contributed by atoms with E-state index in [-0.39, 0.29) is 17.2 Å². The summed E-state index contributed by atoms with van der Waals surface area (Å²) in [4.78, 5) is 4.68. The van der Waals surface area contributed by atoms with E-state index < -0.39 is 23.5 Å². The molecule has 7 heteroatoms. The molecule has 1 heterocycles. The lowest BCUT2D eigenvalue weighted by molar-refractivity contribution is -0.143. The molecule has 0 aliphatic heterocycles. The first kappa shape index (κ1) is 29.3. The maximum absolute atomic E-state index is 13.3. The lowest BCUT2D eigenvalue weighted by Gasteiger charge is -2.14. The number of halogens is 6. The summed E-state index contributed by atoms with van der Waals surface area (Å²) in [5.74, 6) is 0. The molecule has 0 aliphatic carbocycles. The third-order valence-corrected chi connectivity index (χ3v) is 8.12. The smallest absolute Gasteiger partial charge is 0.256 e. The number of pyridine rings is 1. The summed E-state index contributed by atoms with van der Waals surface area (Å²) in [6, 6.07) is 38.8. The van der Waals surface area contributed by atoms with E-state index in [4.69, 9.17) is 0 Å². The molecule has 0 saturated heterocycles. The fourth-order valence-electron chi connectivity index (χ4n) is 5.66. The van der Waals surface area contributed by atoms with Crippen molar-refractivity contribution in [3.05, 3.63) is 151 Å². The zero-order valence-electron chi connectivity index (χ0n) is 24.0. The molecule has 1 nitrogen and oxygen atoms in total. The number of nitrogens with zero attached hydrogens (tertiary/aromatic N) is 1. The van der Waals surface area contributed by atoms with Gasteiger partial charge in [0, 0.05) is 17.1 Å². The Morgan fingerprint density at radius 1 is 0.348 bits per heavy atom. The van der Waals surface area contributed by atoms with Gasteiger partial charge in [0.2, 0.25) is 0 Å². The minimum absolute atomic E-state index is 0.132. The standard InChI is InChI=1S/C39H23F6N/c40-38(41,42)35-19-33(20-36(22-35)39(43,44)45)27-9-5-26(6-10-27)31-15-16-32-18-34(23-46-37(32)21-31)28-11-7-25(8-12-28)30-14-13-24-3-1-2-4-29(24)17-30/h1-23H. The van der Waals surface area contributed by atoms with Crippen molar-refractivity contribution in [3.8, 4) is 44.5 Å². The summed E-state index contributed by atoms with van der Waals surface area (Å²) in [5, 5.41) is 3.32. The van der Waals surface area contributed by atoms with Gasteiger partial charge in [0.15, 0.2) is 0 Å². The molecule has 6 aromatic carbocycles. The van der Waals surface area contributed by atoms with Crippen molar-refractivity contribution in [1.82, 2.24) is 4.98 Å². The fourth-order valence-corrected chi connectivity index (χ4v) is 5.66. The minimum atomic E-state index is -4.91. The number of alkyl halides is 6. The van der Waals surface area contributed by atoms with Gasteiger partial charge in [0.1, 0.15) is 0 Å². The van der Waals surface area contributed by atoms with Crippen LogP contribution in [0.4, 0.5) is 26.3 Å². The van der Waals surface area contributed by atoms with E-state index in [2.05, 4.69) is 65.6 Å². The van der Waals surface area contributed by atoms with E-state index >= 15 is 0 Å². The lowest BCUT2D eigenvalue weighted by Crippen LogP contribution is -2.11. The molecule has 0 spiro atoms. The average molecular weight is 620 g/mol. The molecular weight excluding hydrogens is 596 g/mol. The van der Waals surface area contributed by atoms with Gasteiger partial charge >= 0.3 is 12.4 Å². The summed E-state index contributed by atoms with van der Waals surface area (Å²) in [6.45, 7) is 0. The number of benzene rings is 6. The first-order valence-corrected chi connectivity index (χ1v) is 14.4. The van der Waals surface area contributed by atoms with Crippen LogP contribution in [-0.4, -0.2) is 4.98 Å². The van der Waals surface area contributed by atoms with Crippen LogP contribution in [0.2, 0.25) is 0 Å². The van der Waals surface area contributed by atoms with Crippen LogP contribution >= 0.6 is 0 Å². The second kappa shape index (κ2) is 11.2. The van der Waals surface area contributed by atoms with Crippen LogP contribution in [0.15, 0.2) is 140 Å². The van der Waals surface area contributed by atoms with Gasteiger partial charge in [-0.2, -0.15) is 26.3 Å². The maximum atomic E-state index is 13.3. The van der Waals surface area contributed by atoms with Crippen molar-refractivity contribution in [2.45, 2.75) is 12.4 Å². The van der Waals surface area contributed by atoms with Crippen molar-refractivity contribution >= 4 is 21.7 Å². The zero-order valence-corrected chi connectivity index (χ0v) is 24.0. The van der Waals surface area contributed by atoms with Gasteiger partial charge in [-0.25, -0.2) is 0 Å². The van der Waals surface area contributed by atoms with Gasteiger partial charge in [-0.3, -0.25) is 4.98 Å². The van der Waals surface area contributed by atoms with Gasteiger partial charge in [-0.1, -0.05) is 97.1 Å². The molecular formula is C39H23F6N. The molecule has 0 fully saturated rings. The fraction of sp³-hybridized carbons (Fsp3) is 0.0513. The summed E-state index contributed by atoms with van der Waals surface area (Å²) in [6.07, 6.45) is -8.00. The molecule has 0 radical (unpaired) electrons. The van der Waals surface area contributed by atoms with Gasteiger partial charge in [-0.05, 0) is 86.1 Å². The second-order valence-corrected chi connectivity index (χ2v) is 11.1. The molecule has 1 aromatic heterocycles. The number of hydrogen-bond acceptors (Lipinski definition) is 1. The Morgan fingerprint density at radius 2 is 0.783 bits per heavy atom. The van der Waals surface area contributed by atoms with Crippen LogP contribution in [0.25, 0.3) is 66.2 Å². The highest BCUT2D eigenvalue weighted by atomic mass is 19.4. The van der Waals surface area contributed by atoms with Crippen LogP contribution in [0, 0.1) is 0 Å². The third-order valence-electron chi connectivity index (χ3n) is 8.12. The summed E-state index contributed by atoms with van der Waals surface area (Å²) in [7, 11) is 0. The highest BCUT2D eigenvalue weighted by molar-refractivity contribution is 5.89. The molecule has 46 heavy (non-hydrogen) atoms. The average Bonchev–Trinajstić information content (AvgIpc) is 3.07. The number of fused-ring (bicyclic) bond motifs is 2. The molecule has 0 N–H and O–H groups in total. The van der Waals surface area contributed by atoms with Crippen molar-refractivity contribution in [2.24, 2.45) is 0 Å². The van der Waals surface area contributed by atoms with Gasteiger partial charge < -0.3 is 0 Å². The summed E-state index contributed by atoms with van der Waals surface area (Å²) < 4.78 is 80.0. The lowest BCUT2D eigenvalue weighted by atomic mass is 9.96. The van der Waals surface area contributed by atoms with E-state index in [1.54, 1.807) is 12.1 Å². The van der Waals surface area contributed by atoms with E-state index in [0.29, 0.717) is 0 Å². The zero-order chi connectivity index (χ0) is 32.1. The van der Waals surface area contributed by atoms with Crippen LogP contribution in [0.1, 0.15) is 11.1 Å². The Hall–Kier alpha value is -5.43. The second-order valence-electron chi connectivity index (χ2n) is 11.1. The van der Waals surface area contributed by atoms with E-state index in [0.717, 1.165) is 56.4 Å². The van der Waals surface area contributed by atoms with Crippen molar-refractivity contribution in [1.29, 1.82) is 0 Å². The molecule has 7 aromatic rings. The van der Waals surface area contributed by atoms with Crippen LogP contribution in [-0.2, 0) is 12.4 Å². The van der Waals surface area contributed by atoms with Crippen LogP contribution in [0.3, 0.4) is 0 Å². The monoisotopic (exact) mass is 619 g/mol. The Balaban J connectivity index is 1.13. The number of aromatic nitrogens is 1. The van der Waals surface area contributed by atoms with Crippen molar-refractivity contribution in [2.75, 3.05) is 0 Å². The molecule has 0 unspecified atom stereocenters. The van der Waals surface area contributed by atoms with Gasteiger partial charge in [0.05, 0.1) is 16.6 Å². The third kappa shape index (κ3) is 5.84. The number of hydrogen-bond donors (Lipinski definition) is 0. The van der Waals surface area contributed by atoms with Crippen LogP contribution in [0.5, 0.6) is 0 Å². The largest absolute Gasteiger partial charge is 0.416 e. The molecule has 7 rings (SSSR count). The molecule has 0 aliphatic rings. The molecule has 0 atom stereocenters. The van der Waals surface area contributed by atoms with E-state index in [1.165, 1.54) is 22.9 Å². The first-order valence-electron chi connectivity index (χ1n) is 14.4. The minimum Gasteiger partial charge on any atom is -0.256 e. The summed E-state index contributed by atoms with van der Waals surface area (Å²) >= 11 is 0. The van der Waals surface area contributed by atoms with E-state index in [1.807, 2.05) is 36.5 Å². The SMILES string of the molecule is FC(F)(F)c1cc(-c2ccc(-c3ccc4cc(-c5ccc(-c6ccc7ccccc7c6)cc5)cnc4c3)cc2)cc(C(F)(F)F)c1. The van der Waals surface area contributed by atoms with Gasteiger partial charge in [0.25, 0.3) is 0 Å². The predicted octanol–water partition coefficient (Wildman–Crippen LogP) is 12.1. The maximum Gasteiger partial charge on any atom is 0.416 e.